The minimum Gasteiger partial charge on any atom is -0.383 e. The van der Waals surface area contributed by atoms with E-state index in [0.29, 0.717) is 26.1 Å². The summed E-state index contributed by atoms with van der Waals surface area (Å²) in [4.78, 5) is 19.0. The monoisotopic (exact) mass is 571 g/mol. The fraction of sp³-hybridized carbons (Fsp3) is 0.308. The van der Waals surface area contributed by atoms with Crippen LogP contribution in [0.5, 0.6) is 0 Å². The highest BCUT2D eigenvalue weighted by Gasteiger charge is 2.25. The number of hydrogen-bond donors (Lipinski definition) is 4. The molecule has 4 aromatic rings. The third kappa shape index (κ3) is 5.96. The molecule has 0 atom stereocenters. The zero-order chi connectivity index (χ0) is 26.7. The minimum atomic E-state index is -3.80. The Hall–Kier alpha value is -2.71. The maximum absolute atomic E-state index is 12.8. The van der Waals surface area contributed by atoms with Crippen LogP contribution in [0.2, 0.25) is 0 Å². The molecule has 5 N–H and O–H groups in total. The number of nitrogens with one attached hydrogen (secondary N) is 3. The molecule has 0 aliphatic carbocycles. The topological polar surface area (TPSA) is 135 Å². The standard InChI is InChI=1S/C26H29N5O4S3/c1-35-12-11-28-10-8-23(32)31-26-24(19-7-9-29-15-22(19)37-26)25-30-20-14-17(5-6-21(20)36-25)16-3-2-4-18(13-16)38(27,33)34/h2-6,13-14,28-29H,7-12,15H2,1H3,(H,31,32)(H2,27,33,34). The van der Waals surface area contributed by atoms with Crippen LogP contribution in [0.25, 0.3) is 31.9 Å². The summed E-state index contributed by atoms with van der Waals surface area (Å²) in [5.41, 5.74) is 4.66. The first-order chi connectivity index (χ1) is 18.3. The van der Waals surface area contributed by atoms with Crippen LogP contribution in [0, 0.1) is 0 Å². The molecule has 1 aliphatic rings. The summed E-state index contributed by atoms with van der Waals surface area (Å²) in [7, 11) is -2.15. The summed E-state index contributed by atoms with van der Waals surface area (Å²) in [6.07, 6.45) is 1.24. The normalized spacial score (nSPS) is 13.5. The Morgan fingerprint density at radius 3 is 2.82 bits per heavy atom. The summed E-state index contributed by atoms with van der Waals surface area (Å²) in [5, 5.41) is 16.8. The van der Waals surface area contributed by atoms with E-state index in [2.05, 4.69) is 16.0 Å². The zero-order valence-electron chi connectivity index (χ0n) is 20.9. The van der Waals surface area contributed by atoms with E-state index in [1.54, 1.807) is 41.9 Å². The Kier molecular flexibility index (Phi) is 8.19. The number of anilines is 1. The Bertz CT molecular complexity index is 1580. The van der Waals surface area contributed by atoms with Gasteiger partial charge in [-0.2, -0.15) is 0 Å². The Labute approximate surface area is 229 Å². The number of primary sulfonamides is 1. The van der Waals surface area contributed by atoms with Crippen LogP contribution < -0.4 is 21.1 Å². The number of benzene rings is 2. The molecule has 2 aromatic heterocycles. The highest BCUT2D eigenvalue weighted by Crippen LogP contribution is 2.45. The molecule has 9 nitrogen and oxygen atoms in total. The number of sulfonamides is 1. The molecule has 3 heterocycles. The molecular formula is C26H29N5O4S3. The molecular weight excluding hydrogens is 543 g/mol. The quantitative estimate of drug-likeness (QED) is 0.214. The molecule has 12 heteroatoms. The van der Waals surface area contributed by atoms with Crippen molar-refractivity contribution >= 4 is 53.8 Å². The number of carbonyl (C=O) groups excluding carboxylic acids is 1. The summed E-state index contributed by atoms with van der Waals surface area (Å²) in [6, 6.07) is 12.5. The number of fused-ring (bicyclic) bond motifs is 2. The molecule has 0 saturated heterocycles. The van der Waals surface area contributed by atoms with Crippen molar-refractivity contribution in [2.45, 2.75) is 24.3 Å². The van der Waals surface area contributed by atoms with Gasteiger partial charge in [-0.15, -0.1) is 22.7 Å². The molecule has 1 amide bonds. The van der Waals surface area contributed by atoms with Gasteiger partial charge in [-0.3, -0.25) is 4.79 Å². The third-order valence-corrected chi connectivity index (χ3v) is 9.40. The number of ether oxygens (including phenoxy) is 1. The van der Waals surface area contributed by atoms with Gasteiger partial charge in [-0.25, -0.2) is 18.5 Å². The first kappa shape index (κ1) is 26.9. The molecule has 1 aliphatic heterocycles. The number of rotatable bonds is 10. The number of thiazole rings is 1. The van der Waals surface area contributed by atoms with Gasteiger partial charge in [0.25, 0.3) is 0 Å². The lowest BCUT2D eigenvalue weighted by atomic mass is 10.0. The second kappa shape index (κ2) is 11.6. The highest BCUT2D eigenvalue weighted by molar-refractivity contribution is 7.89. The molecule has 0 saturated carbocycles. The van der Waals surface area contributed by atoms with Gasteiger partial charge in [0.2, 0.25) is 15.9 Å². The smallest absolute Gasteiger partial charge is 0.238 e. The molecule has 0 spiro atoms. The molecule has 0 radical (unpaired) electrons. The molecule has 5 rings (SSSR count). The lowest BCUT2D eigenvalue weighted by Crippen LogP contribution is -2.24. The molecule has 2 aromatic carbocycles. The zero-order valence-corrected chi connectivity index (χ0v) is 23.3. The van der Waals surface area contributed by atoms with Crippen LogP contribution in [0.4, 0.5) is 5.00 Å². The van der Waals surface area contributed by atoms with Crippen molar-refractivity contribution < 1.29 is 17.9 Å². The predicted molar refractivity (Wildman–Crippen MR) is 153 cm³/mol. The van der Waals surface area contributed by atoms with Crippen LogP contribution in [0.15, 0.2) is 47.4 Å². The average molecular weight is 572 g/mol. The second-order valence-corrected chi connectivity index (χ2v) is 12.6. The van der Waals surface area contributed by atoms with Crippen molar-refractivity contribution in [3.05, 3.63) is 52.9 Å². The van der Waals surface area contributed by atoms with Gasteiger partial charge in [0.1, 0.15) is 10.0 Å². The molecule has 200 valence electrons. The number of hydrogen-bond acceptors (Lipinski definition) is 9. The lowest BCUT2D eigenvalue weighted by molar-refractivity contribution is -0.116. The fourth-order valence-corrected chi connectivity index (χ4v) is 7.29. The van der Waals surface area contributed by atoms with Gasteiger partial charge >= 0.3 is 0 Å². The minimum absolute atomic E-state index is 0.0409. The molecule has 0 fully saturated rings. The summed E-state index contributed by atoms with van der Waals surface area (Å²) >= 11 is 3.20. The first-order valence-corrected chi connectivity index (χ1v) is 15.4. The van der Waals surface area contributed by atoms with Crippen molar-refractivity contribution in [1.82, 2.24) is 15.6 Å². The maximum Gasteiger partial charge on any atom is 0.238 e. The van der Waals surface area contributed by atoms with Gasteiger partial charge in [-0.1, -0.05) is 18.2 Å². The number of methoxy groups -OCH3 is 1. The van der Waals surface area contributed by atoms with Crippen molar-refractivity contribution in [3.8, 4) is 21.7 Å². The summed E-state index contributed by atoms with van der Waals surface area (Å²) < 4.78 is 29.7. The van der Waals surface area contributed by atoms with Crippen LogP contribution in [-0.2, 0) is 32.5 Å². The van der Waals surface area contributed by atoms with Crippen molar-refractivity contribution in [2.24, 2.45) is 5.14 Å². The molecule has 38 heavy (non-hydrogen) atoms. The van der Waals surface area contributed by atoms with E-state index in [9.17, 15) is 13.2 Å². The molecule has 0 unspecified atom stereocenters. The molecule has 0 bridgehead atoms. The van der Waals surface area contributed by atoms with Crippen molar-refractivity contribution in [2.75, 3.05) is 38.7 Å². The van der Waals surface area contributed by atoms with E-state index < -0.39 is 10.0 Å². The number of aromatic nitrogens is 1. The number of nitrogens with zero attached hydrogens (tertiary/aromatic N) is 1. The van der Waals surface area contributed by atoms with E-state index in [-0.39, 0.29) is 10.8 Å². The fourth-order valence-electron chi connectivity index (χ4n) is 4.41. The lowest BCUT2D eigenvalue weighted by Gasteiger charge is -2.13. The highest BCUT2D eigenvalue weighted by atomic mass is 32.2. The number of amides is 1. The van der Waals surface area contributed by atoms with Gasteiger partial charge in [0.15, 0.2) is 0 Å². The SMILES string of the molecule is COCCNCCC(=O)Nc1sc2c(c1-c1nc3cc(-c4cccc(S(N)(=O)=O)c4)ccc3s1)CCNC2. The Balaban J connectivity index is 1.45. The van der Waals surface area contributed by atoms with E-state index in [1.165, 1.54) is 16.5 Å². The van der Waals surface area contributed by atoms with Gasteiger partial charge in [-0.05, 0) is 53.9 Å². The second-order valence-electron chi connectivity index (χ2n) is 8.95. The Morgan fingerprint density at radius 1 is 1.16 bits per heavy atom. The Morgan fingerprint density at radius 2 is 2.00 bits per heavy atom. The number of nitrogens with two attached hydrogens (primary N) is 1. The summed E-state index contributed by atoms with van der Waals surface area (Å²) in [5.74, 6) is -0.0409. The van der Waals surface area contributed by atoms with E-state index in [4.69, 9.17) is 14.9 Å². The summed E-state index contributed by atoms with van der Waals surface area (Å²) in [6.45, 7) is 3.54. The van der Waals surface area contributed by atoms with E-state index >= 15 is 0 Å². The van der Waals surface area contributed by atoms with Crippen LogP contribution in [-0.4, -0.2) is 52.7 Å². The number of thiophene rings is 1. The first-order valence-electron chi connectivity index (χ1n) is 12.2. The van der Waals surface area contributed by atoms with Crippen molar-refractivity contribution in [1.29, 1.82) is 0 Å². The van der Waals surface area contributed by atoms with Gasteiger partial charge in [0, 0.05) is 43.6 Å². The number of carbonyl (C=O) groups is 1. The van der Waals surface area contributed by atoms with Crippen LogP contribution in [0.1, 0.15) is 16.9 Å². The van der Waals surface area contributed by atoms with E-state index in [0.717, 1.165) is 56.4 Å². The van der Waals surface area contributed by atoms with Gasteiger partial charge in [0.05, 0.1) is 21.7 Å². The predicted octanol–water partition coefficient (Wildman–Crippen LogP) is 3.55. The average Bonchev–Trinajstić information content (AvgIpc) is 3.48. The maximum atomic E-state index is 12.8. The third-order valence-electron chi connectivity index (χ3n) is 6.29. The van der Waals surface area contributed by atoms with Crippen LogP contribution >= 0.6 is 22.7 Å². The van der Waals surface area contributed by atoms with Crippen molar-refractivity contribution in [3.63, 3.8) is 0 Å². The largest absolute Gasteiger partial charge is 0.383 e. The van der Waals surface area contributed by atoms with Gasteiger partial charge < -0.3 is 20.7 Å². The van der Waals surface area contributed by atoms with E-state index in [1.807, 2.05) is 24.3 Å². The van der Waals surface area contributed by atoms with Crippen LogP contribution in [0.3, 0.4) is 0 Å².